The molecule has 16 rings (SSSR count). The van der Waals surface area contributed by atoms with Gasteiger partial charge in [0, 0.05) is 75.1 Å². The summed E-state index contributed by atoms with van der Waals surface area (Å²) in [5, 5.41) is 0.369. The van der Waals surface area contributed by atoms with Crippen molar-refractivity contribution in [1.82, 2.24) is 39.9 Å². The van der Waals surface area contributed by atoms with Crippen molar-refractivity contribution in [1.29, 1.82) is 0 Å². The van der Waals surface area contributed by atoms with Crippen LogP contribution in [0.3, 0.4) is 0 Å². The van der Waals surface area contributed by atoms with Crippen molar-refractivity contribution < 1.29 is 17.6 Å². The van der Waals surface area contributed by atoms with E-state index in [4.69, 9.17) is 66.3 Å². The molecule has 0 saturated heterocycles. The summed E-state index contributed by atoms with van der Waals surface area (Å²) in [7, 11) is 8.36. The molecule has 4 aliphatic heterocycles. The van der Waals surface area contributed by atoms with E-state index in [0.717, 1.165) is 64.4 Å². The van der Waals surface area contributed by atoms with E-state index in [1.165, 1.54) is 121 Å². The molecule has 8 aromatic rings. The van der Waals surface area contributed by atoms with Gasteiger partial charge in [-0.25, -0.2) is 57.4 Å². The minimum absolute atomic E-state index is 0.0914. The highest BCUT2D eigenvalue weighted by atomic mass is 35.5. The molecule has 8 atom stereocenters. The molecule has 0 radical (unpaired) electrons. The predicted molar refractivity (Wildman–Crippen MR) is 410 cm³/mol. The van der Waals surface area contributed by atoms with Gasteiger partial charge in [0.2, 0.25) is 0 Å². The number of nitrogens with zero attached hydrogens (tertiary/aromatic N) is 16. The summed E-state index contributed by atoms with van der Waals surface area (Å²) in [6.07, 6.45) is 25.8. The Labute approximate surface area is 627 Å². The average Bonchev–Trinajstić information content (AvgIpc) is 1.62. The van der Waals surface area contributed by atoms with Gasteiger partial charge in [0.15, 0.2) is 23.3 Å². The van der Waals surface area contributed by atoms with E-state index in [2.05, 4.69) is 115 Å². The number of benzene rings is 4. The zero-order chi connectivity index (χ0) is 73.0. The van der Waals surface area contributed by atoms with Crippen LogP contribution in [0.1, 0.15) is 192 Å². The van der Waals surface area contributed by atoms with Gasteiger partial charge >= 0.3 is 0 Å². The maximum Gasteiger partial charge on any atom is 0.151 e. The Bertz CT molecular complexity index is 4270. The van der Waals surface area contributed by atoms with Gasteiger partial charge in [0.25, 0.3) is 0 Å². The molecule has 0 unspecified atom stereocenters. The fourth-order valence-corrected chi connectivity index (χ4v) is 17.3. The second kappa shape index (κ2) is 32.8. The first-order valence-corrected chi connectivity index (χ1v) is 38.1. The molecule has 24 heteroatoms. The zero-order valence-electron chi connectivity index (χ0n) is 60.2. The first kappa shape index (κ1) is 74.2. The molecule has 0 N–H and O–H groups in total. The second-order valence-electron chi connectivity index (χ2n) is 28.7. The summed E-state index contributed by atoms with van der Waals surface area (Å²) in [4.78, 5) is 64.3. The number of aromatic nitrogens is 8. The molecule has 4 aromatic carbocycles. The van der Waals surface area contributed by atoms with Gasteiger partial charge in [-0.1, -0.05) is 143 Å². The van der Waals surface area contributed by atoms with Gasteiger partial charge in [-0.2, -0.15) is 0 Å². The molecule has 8 heterocycles. The molecule has 8 aliphatic rings. The molecular formula is C80H88Cl4F4N16. The first-order valence-electron chi connectivity index (χ1n) is 36.6. The smallest absolute Gasteiger partial charge is 0.151 e. The summed E-state index contributed by atoms with van der Waals surface area (Å²) in [6.45, 7) is 11.8. The van der Waals surface area contributed by atoms with Crippen molar-refractivity contribution in [2.75, 3.05) is 54.3 Å². The molecule has 104 heavy (non-hydrogen) atoms. The van der Waals surface area contributed by atoms with Crippen molar-refractivity contribution in [3.8, 4) is 0 Å². The molecule has 16 nitrogen and oxygen atoms in total. The van der Waals surface area contributed by atoms with E-state index < -0.39 is 23.3 Å². The van der Waals surface area contributed by atoms with Gasteiger partial charge in [0.05, 0.1) is 117 Å². The molecule has 4 aromatic heterocycles. The van der Waals surface area contributed by atoms with Crippen molar-refractivity contribution in [2.24, 2.45) is 49.6 Å². The van der Waals surface area contributed by atoms with Gasteiger partial charge < -0.3 is 19.6 Å². The predicted octanol–water partition coefficient (Wildman–Crippen LogP) is 18.4. The van der Waals surface area contributed by atoms with E-state index in [9.17, 15) is 17.6 Å². The Morgan fingerprint density at radius 1 is 0.385 bits per heavy atom. The fraction of sp³-hybridized carbons (Fsp3) is 0.450. The number of halogens is 8. The van der Waals surface area contributed by atoms with Crippen LogP contribution in [0.25, 0.3) is 0 Å². The standard InChI is InChI=1S/4C20H22ClFN4/c1-12-6-7-13(8-12)11-26(2)17-10-24-20-16(25-17)9-23-19(20)14-4-3-5-15(21)18(14)22;3*1-3-12-6-4-9-16(12)26(2)17-11-24-20-15(25-17)10-23-19(20)13-7-5-8-14(21)18(13)22/h3-5,10,12-13H,6-9,11H2,1-2H3;3*5,7-8,11-12,16H,3-4,6,9-10H2,1-2H3/t12-,13-;2*12-,16+;12-,16-/m0100/s1. The topological polar surface area (TPSA) is 166 Å². The third-order valence-electron chi connectivity index (χ3n) is 22.3. The lowest BCUT2D eigenvalue weighted by Gasteiger charge is -2.30. The number of hydrogen-bond donors (Lipinski definition) is 0. The highest BCUT2D eigenvalue weighted by Gasteiger charge is 2.36. The van der Waals surface area contributed by atoms with Gasteiger partial charge in [0.1, 0.15) is 46.0 Å². The van der Waals surface area contributed by atoms with Crippen LogP contribution < -0.4 is 19.6 Å². The number of fused-ring (bicyclic) bond motifs is 4. The Hall–Kier alpha value is -8.04. The van der Waals surface area contributed by atoms with Gasteiger partial charge in [-0.3, -0.25) is 20.0 Å². The van der Waals surface area contributed by atoms with Crippen molar-refractivity contribution in [3.05, 3.63) is 209 Å². The van der Waals surface area contributed by atoms with Crippen LogP contribution >= 0.6 is 46.4 Å². The molecule has 544 valence electrons. The Morgan fingerprint density at radius 3 is 0.952 bits per heavy atom. The van der Waals surface area contributed by atoms with Gasteiger partial charge in [-0.05, 0) is 129 Å². The number of hydrogen-bond acceptors (Lipinski definition) is 16. The molecule has 4 saturated carbocycles. The average molecular weight is 1490 g/mol. The van der Waals surface area contributed by atoms with E-state index in [1.807, 2.05) is 0 Å². The summed E-state index contributed by atoms with van der Waals surface area (Å²) >= 11 is 23.6. The third kappa shape index (κ3) is 15.5. The van der Waals surface area contributed by atoms with E-state index >= 15 is 0 Å². The molecule has 4 fully saturated rings. The summed E-state index contributed by atoms with van der Waals surface area (Å²) in [6, 6.07) is 21.3. The first-order chi connectivity index (χ1) is 50.3. The van der Waals surface area contributed by atoms with Crippen LogP contribution in [0, 0.1) is 52.9 Å². The Balaban J connectivity index is 0.000000123. The van der Waals surface area contributed by atoms with Crippen LogP contribution in [0.4, 0.5) is 40.8 Å². The van der Waals surface area contributed by atoms with Gasteiger partial charge in [-0.15, -0.1) is 0 Å². The van der Waals surface area contributed by atoms with Crippen LogP contribution in [0.15, 0.2) is 118 Å². The summed E-state index contributed by atoms with van der Waals surface area (Å²) in [5.74, 6) is 5.31. The minimum Gasteiger partial charge on any atom is -0.358 e. The van der Waals surface area contributed by atoms with E-state index in [-0.39, 0.29) is 20.1 Å². The van der Waals surface area contributed by atoms with Crippen molar-refractivity contribution >= 4 is 92.5 Å². The van der Waals surface area contributed by atoms with Crippen LogP contribution in [-0.2, 0) is 26.2 Å². The van der Waals surface area contributed by atoms with Crippen molar-refractivity contribution in [3.63, 3.8) is 0 Å². The maximum absolute atomic E-state index is 14.4. The highest BCUT2D eigenvalue weighted by molar-refractivity contribution is 6.33. The SMILES string of the molecule is CC[C@@H]1CCC[C@@H]1N(C)c1cnc2c(n1)CN=C2c1cccc(Cl)c1F.CC[C@H]1CCC[C@@H]1N(C)c1cnc2c(n1)CN=C2c1cccc(Cl)c1F.CC[C@H]1CCC[C@H]1N(C)c1cnc2c(n1)CN=C2c1cccc(Cl)c1F.C[C@H]1CC[C@H](CN(C)c2cnc3c(n2)CN=C3c2cccc(Cl)c2F)C1. The second-order valence-corrected chi connectivity index (χ2v) is 30.3. The molecule has 0 spiro atoms. The van der Waals surface area contributed by atoms with Crippen LogP contribution in [0.5, 0.6) is 0 Å². The largest absolute Gasteiger partial charge is 0.358 e. The number of anilines is 4. The number of rotatable bonds is 16. The number of aliphatic imine (C=N–C) groups is 4. The van der Waals surface area contributed by atoms with E-state index in [0.29, 0.717) is 130 Å². The lowest BCUT2D eigenvalue weighted by Crippen LogP contribution is -2.35. The minimum atomic E-state index is -0.459. The molecule has 4 aliphatic carbocycles. The third-order valence-corrected chi connectivity index (χ3v) is 23.5. The summed E-state index contributed by atoms with van der Waals surface area (Å²) in [5.41, 5.74) is 9.48. The quantitative estimate of drug-likeness (QED) is 0.0842. The summed E-state index contributed by atoms with van der Waals surface area (Å²) < 4.78 is 57.5. The Kier molecular flexibility index (Phi) is 23.4. The van der Waals surface area contributed by atoms with E-state index in [1.54, 1.807) is 73.3 Å². The highest BCUT2D eigenvalue weighted by Crippen LogP contribution is 2.39. The molecule has 0 amide bonds. The lowest BCUT2D eigenvalue weighted by atomic mass is 9.99. The van der Waals surface area contributed by atoms with Crippen molar-refractivity contribution in [2.45, 2.75) is 168 Å². The lowest BCUT2D eigenvalue weighted by molar-refractivity contribution is 0.449. The molecular weight excluding hydrogens is 1400 g/mol. The monoisotopic (exact) mass is 1490 g/mol. The zero-order valence-corrected chi connectivity index (χ0v) is 63.2. The Morgan fingerprint density at radius 2 is 0.673 bits per heavy atom. The molecule has 0 bridgehead atoms. The van der Waals surface area contributed by atoms with Crippen LogP contribution in [0.2, 0.25) is 20.1 Å². The fourth-order valence-electron chi connectivity index (χ4n) is 16.6. The maximum atomic E-state index is 14.4. The normalized spacial score (nSPS) is 21.6. The van der Waals surface area contributed by atoms with Crippen LogP contribution in [-0.4, -0.2) is 116 Å².